The van der Waals surface area contributed by atoms with Crippen LogP contribution in [0.3, 0.4) is 0 Å². The second kappa shape index (κ2) is 5.85. The van der Waals surface area contributed by atoms with Crippen LogP contribution in [0.15, 0.2) is 53.9 Å². The van der Waals surface area contributed by atoms with E-state index < -0.39 is 0 Å². The Morgan fingerprint density at radius 2 is 1.92 bits per heavy atom. The summed E-state index contributed by atoms with van der Waals surface area (Å²) in [5.74, 6) is 0.413. The third-order valence-electron chi connectivity index (χ3n) is 5.57. The van der Waals surface area contributed by atoms with E-state index in [-0.39, 0.29) is 16.0 Å². The Balaban J connectivity index is 1.49. The number of nitro groups is 1. The molecule has 1 heterocycles. The van der Waals surface area contributed by atoms with E-state index in [1.54, 1.807) is 23.5 Å². The van der Waals surface area contributed by atoms with Crippen LogP contribution in [0, 0.1) is 15.5 Å². The molecule has 1 aliphatic rings. The van der Waals surface area contributed by atoms with Crippen molar-refractivity contribution >= 4 is 32.8 Å². The summed E-state index contributed by atoms with van der Waals surface area (Å²) in [6, 6.07) is 16.1. The predicted octanol–water partition coefficient (Wildman–Crippen LogP) is 5.80. The van der Waals surface area contributed by atoms with Gasteiger partial charge in [-0.1, -0.05) is 26.0 Å². The molecule has 0 radical (unpaired) electrons. The largest absolute Gasteiger partial charge is 0.382 e. The van der Waals surface area contributed by atoms with E-state index in [1.807, 2.05) is 12.1 Å². The molecule has 0 aliphatic heterocycles. The van der Waals surface area contributed by atoms with Crippen molar-refractivity contribution in [3.63, 3.8) is 0 Å². The zero-order valence-electron chi connectivity index (χ0n) is 14.2. The highest BCUT2D eigenvalue weighted by Crippen LogP contribution is 2.53. The van der Waals surface area contributed by atoms with Gasteiger partial charge in [0.25, 0.3) is 5.69 Å². The number of hydrogen-bond donors (Lipinski definition) is 1. The summed E-state index contributed by atoms with van der Waals surface area (Å²) < 4.78 is 1.31. The van der Waals surface area contributed by atoms with Crippen molar-refractivity contribution in [2.24, 2.45) is 5.41 Å². The van der Waals surface area contributed by atoms with Crippen LogP contribution in [0.5, 0.6) is 0 Å². The van der Waals surface area contributed by atoms with Gasteiger partial charge in [0.15, 0.2) is 0 Å². The Morgan fingerprint density at radius 1 is 1.16 bits per heavy atom. The number of nitro benzene ring substituents is 1. The Labute approximate surface area is 150 Å². The number of fused-ring (bicyclic) bond motifs is 1. The molecule has 3 aromatic rings. The van der Waals surface area contributed by atoms with Gasteiger partial charge >= 0.3 is 0 Å². The van der Waals surface area contributed by atoms with E-state index in [2.05, 4.69) is 48.8 Å². The molecule has 25 heavy (non-hydrogen) atoms. The molecule has 5 heteroatoms. The molecule has 128 valence electrons. The van der Waals surface area contributed by atoms with Gasteiger partial charge in [0.2, 0.25) is 0 Å². The smallest absolute Gasteiger partial charge is 0.269 e. The molecule has 0 saturated heterocycles. The van der Waals surface area contributed by atoms with Crippen LogP contribution < -0.4 is 5.32 Å². The van der Waals surface area contributed by atoms with E-state index in [9.17, 15) is 10.1 Å². The topological polar surface area (TPSA) is 55.2 Å². The maximum atomic E-state index is 10.8. The van der Waals surface area contributed by atoms with Crippen molar-refractivity contribution in [2.45, 2.75) is 32.2 Å². The first-order valence-electron chi connectivity index (χ1n) is 8.43. The summed E-state index contributed by atoms with van der Waals surface area (Å²) >= 11 is 1.76. The molecule has 0 bridgehead atoms. The van der Waals surface area contributed by atoms with Gasteiger partial charge in [0.1, 0.15) is 0 Å². The van der Waals surface area contributed by atoms with Gasteiger partial charge in [0, 0.05) is 28.6 Å². The molecule has 2 unspecified atom stereocenters. The summed E-state index contributed by atoms with van der Waals surface area (Å²) in [6.45, 7) is 4.53. The number of anilines is 1. The van der Waals surface area contributed by atoms with Crippen molar-refractivity contribution in [2.75, 3.05) is 5.32 Å². The predicted molar refractivity (Wildman–Crippen MR) is 103 cm³/mol. The first-order chi connectivity index (χ1) is 11.9. The third-order valence-corrected chi connectivity index (χ3v) is 6.47. The van der Waals surface area contributed by atoms with Gasteiger partial charge in [-0.2, -0.15) is 0 Å². The minimum Gasteiger partial charge on any atom is -0.382 e. The number of nitrogens with one attached hydrogen (secondary N) is 1. The number of hydrogen-bond acceptors (Lipinski definition) is 4. The average molecular weight is 352 g/mol. The summed E-state index contributed by atoms with van der Waals surface area (Å²) in [5, 5.41) is 17.9. The van der Waals surface area contributed by atoms with Crippen molar-refractivity contribution in [3.05, 3.63) is 69.6 Å². The number of rotatable bonds is 4. The molecular formula is C20H20N2O2S. The van der Waals surface area contributed by atoms with Gasteiger partial charge < -0.3 is 5.32 Å². The molecule has 1 saturated carbocycles. The number of non-ortho nitro benzene ring substituents is 1. The zero-order chi connectivity index (χ0) is 17.6. The third kappa shape index (κ3) is 2.78. The zero-order valence-corrected chi connectivity index (χ0v) is 15.0. The summed E-state index contributed by atoms with van der Waals surface area (Å²) in [7, 11) is 0. The van der Waals surface area contributed by atoms with Gasteiger partial charge in [-0.3, -0.25) is 10.1 Å². The van der Waals surface area contributed by atoms with E-state index in [0.717, 1.165) is 12.1 Å². The fraction of sp³-hybridized carbons (Fsp3) is 0.300. The van der Waals surface area contributed by atoms with Crippen molar-refractivity contribution in [1.29, 1.82) is 0 Å². The maximum absolute atomic E-state index is 10.8. The maximum Gasteiger partial charge on any atom is 0.269 e. The number of nitrogens with zero attached hydrogens (tertiary/aromatic N) is 1. The molecule has 1 fully saturated rings. The van der Waals surface area contributed by atoms with E-state index in [4.69, 9.17) is 0 Å². The Hall–Kier alpha value is -2.40. The average Bonchev–Trinajstić information content (AvgIpc) is 3.06. The second-order valence-corrected chi connectivity index (χ2v) is 8.28. The van der Waals surface area contributed by atoms with Crippen LogP contribution in [0.1, 0.15) is 31.7 Å². The lowest BCUT2D eigenvalue weighted by atomic mass is 9.56. The van der Waals surface area contributed by atoms with E-state index in [0.29, 0.717) is 12.0 Å². The Bertz CT molecular complexity index is 930. The van der Waals surface area contributed by atoms with Crippen LogP contribution in [0.4, 0.5) is 11.4 Å². The summed E-state index contributed by atoms with van der Waals surface area (Å²) in [6.07, 6.45) is 1.03. The fourth-order valence-electron chi connectivity index (χ4n) is 3.82. The van der Waals surface area contributed by atoms with Crippen LogP contribution >= 0.6 is 11.3 Å². The number of thiophene rings is 1. The lowest BCUT2D eigenvalue weighted by Gasteiger charge is -2.53. The highest BCUT2D eigenvalue weighted by Gasteiger charge is 2.48. The van der Waals surface area contributed by atoms with Crippen molar-refractivity contribution < 1.29 is 4.92 Å². The molecule has 0 amide bonds. The molecule has 4 nitrogen and oxygen atoms in total. The van der Waals surface area contributed by atoms with E-state index in [1.165, 1.54) is 15.6 Å². The minimum atomic E-state index is -0.347. The van der Waals surface area contributed by atoms with Crippen LogP contribution in [0.2, 0.25) is 0 Å². The SMILES string of the molecule is CC1(C)C(Nc2ccc3sccc3c2)CC1c1ccc([N+](=O)[O-])cc1. The lowest BCUT2D eigenvalue weighted by Crippen LogP contribution is -2.51. The number of benzene rings is 2. The molecule has 0 spiro atoms. The molecule has 4 rings (SSSR count). The van der Waals surface area contributed by atoms with E-state index >= 15 is 0 Å². The fourth-order valence-corrected chi connectivity index (χ4v) is 4.59. The minimum absolute atomic E-state index is 0.0970. The molecular weight excluding hydrogens is 332 g/mol. The lowest BCUT2D eigenvalue weighted by molar-refractivity contribution is -0.384. The normalized spacial score (nSPS) is 21.7. The molecule has 2 aromatic carbocycles. The molecule has 1 N–H and O–H groups in total. The molecule has 1 aliphatic carbocycles. The first-order valence-corrected chi connectivity index (χ1v) is 9.31. The van der Waals surface area contributed by atoms with Crippen molar-refractivity contribution in [3.8, 4) is 0 Å². The Morgan fingerprint density at radius 3 is 2.60 bits per heavy atom. The van der Waals surface area contributed by atoms with Crippen molar-refractivity contribution in [1.82, 2.24) is 0 Å². The van der Waals surface area contributed by atoms with Gasteiger partial charge in [-0.15, -0.1) is 11.3 Å². The summed E-state index contributed by atoms with van der Waals surface area (Å²) in [4.78, 5) is 10.5. The molecule has 1 aromatic heterocycles. The van der Waals surface area contributed by atoms with Crippen LogP contribution in [0.25, 0.3) is 10.1 Å². The Kier molecular flexibility index (Phi) is 3.76. The van der Waals surface area contributed by atoms with Gasteiger partial charge in [-0.05, 0) is 58.3 Å². The van der Waals surface area contributed by atoms with Gasteiger partial charge in [-0.25, -0.2) is 0 Å². The standard InChI is InChI=1S/C20H20N2O2S/c1-20(2)17(13-3-6-16(7-4-13)22(23)24)12-19(20)21-15-5-8-18-14(11-15)9-10-25-18/h3-11,17,19,21H,12H2,1-2H3. The second-order valence-electron chi connectivity index (χ2n) is 7.33. The highest BCUT2D eigenvalue weighted by molar-refractivity contribution is 7.17. The summed E-state index contributed by atoms with van der Waals surface area (Å²) in [5.41, 5.74) is 2.59. The quantitative estimate of drug-likeness (QED) is 0.476. The van der Waals surface area contributed by atoms with Crippen LogP contribution in [-0.4, -0.2) is 11.0 Å². The monoisotopic (exact) mass is 352 g/mol. The highest BCUT2D eigenvalue weighted by atomic mass is 32.1. The molecule has 2 atom stereocenters. The van der Waals surface area contributed by atoms with Crippen LogP contribution in [-0.2, 0) is 0 Å². The first kappa shape index (κ1) is 16.1. The van der Waals surface area contributed by atoms with Gasteiger partial charge in [0.05, 0.1) is 4.92 Å².